The van der Waals surface area contributed by atoms with E-state index < -0.39 is 15.4 Å². The summed E-state index contributed by atoms with van der Waals surface area (Å²) in [4.78, 5) is 0. The van der Waals surface area contributed by atoms with Crippen molar-refractivity contribution in [2.24, 2.45) is 0 Å². The summed E-state index contributed by atoms with van der Waals surface area (Å²) in [5, 5.41) is 3.16. The van der Waals surface area contributed by atoms with Gasteiger partial charge in [-0.15, -0.1) is 0 Å². The van der Waals surface area contributed by atoms with Gasteiger partial charge in [0.15, 0.2) is 9.84 Å². The molecule has 2 rings (SSSR count). The maximum absolute atomic E-state index is 13.6. The Balaban J connectivity index is 2.04. The largest absolute Gasteiger partial charge is 0.306 e. The molecule has 0 radical (unpaired) electrons. The van der Waals surface area contributed by atoms with Crippen LogP contribution < -0.4 is 5.32 Å². The maximum atomic E-state index is 13.6. The second-order valence-corrected chi connectivity index (χ2v) is 8.09. The Labute approximate surface area is 115 Å². The molecule has 1 saturated heterocycles. The minimum absolute atomic E-state index is 0.123. The Morgan fingerprint density at radius 1 is 1.50 bits per heavy atom. The monoisotopic (exact) mass is 335 g/mol. The summed E-state index contributed by atoms with van der Waals surface area (Å²) in [5.74, 6) is 0.0404. The molecule has 0 amide bonds. The van der Waals surface area contributed by atoms with Crippen molar-refractivity contribution in [2.45, 2.75) is 25.4 Å². The third-order valence-corrected chi connectivity index (χ3v) is 5.62. The Hall–Kier alpha value is -0.460. The number of benzene rings is 1. The van der Waals surface area contributed by atoms with Crippen molar-refractivity contribution >= 4 is 25.8 Å². The van der Waals surface area contributed by atoms with Gasteiger partial charge in [0.1, 0.15) is 5.82 Å². The van der Waals surface area contributed by atoms with Crippen molar-refractivity contribution in [1.29, 1.82) is 0 Å². The van der Waals surface area contributed by atoms with Crippen molar-refractivity contribution in [2.75, 3.05) is 11.5 Å². The Morgan fingerprint density at radius 3 is 2.78 bits per heavy atom. The standard InChI is InChI=1S/C12H15BrFNO2S/c1-12(4-5-18(16,17)8-12)15-7-9-2-3-10(13)6-11(9)14/h2-3,6,15H,4-5,7-8H2,1H3. The maximum Gasteiger partial charge on any atom is 0.152 e. The van der Waals surface area contributed by atoms with Crippen molar-refractivity contribution in [1.82, 2.24) is 5.32 Å². The first-order valence-corrected chi connectivity index (χ1v) is 8.31. The first-order valence-electron chi connectivity index (χ1n) is 5.69. The third-order valence-electron chi connectivity index (χ3n) is 3.22. The van der Waals surface area contributed by atoms with Crippen LogP contribution in [-0.4, -0.2) is 25.5 Å². The Bertz CT molecular complexity index is 561. The topological polar surface area (TPSA) is 46.2 Å². The van der Waals surface area contributed by atoms with Crippen molar-refractivity contribution < 1.29 is 12.8 Å². The number of nitrogens with one attached hydrogen (secondary N) is 1. The lowest BCUT2D eigenvalue weighted by Crippen LogP contribution is -2.43. The molecule has 0 bridgehead atoms. The van der Waals surface area contributed by atoms with E-state index in [9.17, 15) is 12.8 Å². The SMILES string of the molecule is CC1(NCc2ccc(Br)cc2F)CCS(=O)(=O)C1. The molecule has 3 nitrogen and oxygen atoms in total. The molecular formula is C12H15BrFNO2S. The first-order chi connectivity index (χ1) is 8.30. The summed E-state index contributed by atoms with van der Waals surface area (Å²) < 4.78 is 37.2. The summed E-state index contributed by atoms with van der Waals surface area (Å²) in [5.41, 5.74) is 0.0990. The van der Waals surface area contributed by atoms with E-state index in [1.54, 1.807) is 12.1 Å². The molecule has 1 aliphatic rings. The zero-order valence-electron chi connectivity index (χ0n) is 10.0. The molecule has 1 unspecified atom stereocenters. The van der Waals surface area contributed by atoms with E-state index in [1.165, 1.54) is 6.07 Å². The summed E-state index contributed by atoms with van der Waals surface area (Å²) in [6, 6.07) is 4.87. The van der Waals surface area contributed by atoms with Crippen LogP contribution >= 0.6 is 15.9 Å². The number of halogens is 2. The van der Waals surface area contributed by atoms with Gasteiger partial charge in [-0.2, -0.15) is 0 Å². The Kier molecular flexibility index (Phi) is 3.80. The number of sulfone groups is 1. The highest BCUT2D eigenvalue weighted by Crippen LogP contribution is 2.24. The average Bonchev–Trinajstić information content (AvgIpc) is 2.52. The summed E-state index contributed by atoms with van der Waals surface area (Å²) in [7, 11) is -2.94. The van der Waals surface area contributed by atoms with E-state index in [0.717, 1.165) is 0 Å². The van der Waals surface area contributed by atoms with E-state index in [2.05, 4.69) is 21.2 Å². The highest BCUT2D eigenvalue weighted by Gasteiger charge is 2.37. The molecule has 18 heavy (non-hydrogen) atoms. The molecule has 1 fully saturated rings. The van der Waals surface area contributed by atoms with Gasteiger partial charge < -0.3 is 5.32 Å². The van der Waals surface area contributed by atoms with Gasteiger partial charge in [0.05, 0.1) is 11.5 Å². The lowest BCUT2D eigenvalue weighted by Gasteiger charge is -2.24. The molecule has 100 valence electrons. The lowest BCUT2D eigenvalue weighted by molar-refractivity contribution is 0.391. The average molecular weight is 336 g/mol. The van der Waals surface area contributed by atoms with Crippen LogP contribution in [-0.2, 0) is 16.4 Å². The fourth-order valence-electron chi connectivity index (χ4n) is 2.12. The molecule has 1 N–H and O–H groups in total. The molecule has 1 atom stereocenters. The van der Waals surface area contributed by atoms with Gasteiger partial charge in [-0.1, -0.05) is 22.0 Å². The molecule has 1 heterocycles. The molecule has 6 heteroatoms. The highest BCUT2D eigenvalue weighted by molar-refractivity contribution is 9.10. The van der Waals surface area contributed by atoms with Crippen LogP contribution in [0, 0.1) is 5.82 Å². The van der Waals surface area contributed by atoms with Crippen molar-refractivity contribution in [3.05, 3.63) is 34.1 Å². The van der Waals surface area contributed by atoms with E-state index in [0.29, 0.717) is 23.0 Å². The van der Waals surface area contributed by atoms with E-state index in [-0.39, 0.29) is 17.3 Å². The van der Waals surface area contributed by atoms with Crippen LogP contribution in [0.5, 0.6) is 0 Å². The van der Waals surface area contributed by atoms with Crippen LogP contribution in [0.15, 0.2) is 22.7 Å². The zero-order valence-corrected chi connectivity index (χ0v) is 12.4. The summed E-state index contributed by atoms with van der Waals surface area (Å²) in [6.07, 6.45) is 0.577. The predicted molar refractivity (Wildman–Crippen MR) is 72.6 cm³/mol. The smallest absolute Gasteiger partial charge is 0.152 e. The molecule has 1 aromatic carbocycles. The van der Waals surface area contributed by atoms with Gasteiger partial charge in [0, 0.05) is 22.1 Å². The highest BCUT2D eigenvalue weighted by atomic mass is 79.9. The third kappa shape index (κ3) is 3.30. The molecule has 0 spiro atoms. The second kappa shape index (κ2) is 4.90. The molecule has 0 aliphatic carbocycles. The van der Waals surface area contributed by atoms with Gasteiger partial charge in [0.2, 0.25) is 0 Å². The summed E-state index contributed by atoms with van der Waals surface area (Å²) >= 11 is 3.20. The minimum Gasteiger partial charge on any atom is -0.306 e. The molecule has 1 aliphatic heterocycles. The van der Waals surface area contributed by atoms with Crippen LogP contribution in [0.2, 0.25) is 0 Å². The first kappa shape index (κ1) is 14.0. The summed E-state index contributed by atoms with van der Waals surface area (Å²) in [6.45, 7) is 2.21. The lowest BCUT2D eigenvalue weighted by atomic mass is 10.0. The number of hydrogen-bond acceptors (Lipinski definition) is 3. The normalized spacial score (nSPS) is 26.4. The fourth-order valence-corrected chi connectivity index (χ4v) is 4.58. The van der Waals surface area contributed by atoms with Crippen molar-refractivity contribution in [3.63, 3.8) is 0 Å². The van der Waals surface area contributed by atoms with Gasteiger partial charge in [-0.05, 0) is 25.5 Å². The van der Waals surface area contributed by atoms with Gasteiger partial charge in [-0.3, -0.25) is 0 Å². The van der Waals surface area contributed by atoms with E-state index in [4.69, 9.17) is 0 Å². The molecule has 1 aromatic rings. The predicted octanol–water partition coefficient (Wildman–Crippen LogP) is 2.26. The fraction of sp³-hybridized carbons (Fsp3) is 0.500. The number of hydrogen-bond donors (Lipinski definition) is 1. The zero-order chi connectivity index (χ0) is 13.4. The van der Waals surface area contributed by atoms with Crippen LogP contribution in [0.4, 0.5) is 4.39 Å². The van der Waals surface area contributed by atoms with E-state index in [1.807, 2.05) is 6.92 Å². The second-order valence-electron chi connectivity index (χ2n) is 4.99. The van der Waals surface area contributed by atoms with Crippen LogP contribution in [0.25, 0.3) is 0 Å². The number of rotatable bonds is 3. The Morgan fingerprint density at radius 2 is 2.22 bits per heavy atom. The van der Waals surface area contributed by atoms with Gasteiger partial charge in [0.25, 0.3) is 0 Å². The van der Waals surface area contributed by atoms with Crippen molar-refractivity contribution in [3.8, 4) is 0 Å². The van der Waals surface area contributed by atoms with Gasteiger partial charge >= 0.3 is 0 Å². The van der Waals surface area contributed by atoms with Crippen LogP contribution in [0.3, 0.4) is 0 Å². The van der Waals surface area contributed by atoms with E-state index >= 15 is 0 Å². The quantitative estimate of drug-likeness (QED) is 0.921. The minimum atomic E-state index is -2.94. The van der Waals surface area contributed by atoms with Gasteiger partial charge in [-0.25, -0.2) is 12.8 Å². The molecular weight excluding hydrogens is 321 g/mol. The molecule has 0 aromatic heterocycles. The van der Waals surface area contributed by atoms with Crippen LogP contribution in [0.1, 0.15) is 18.9 Å². The molecule has 0 saturated carbocycles.